The van der Waals surface area contributed by atoms with Crippen LogP contribution in [-0.2, 0) is 7.05 Å². The van der Waals surface area contributed by atoms with Crippen molar-refractivity contribution in [3.05, 3.63) is 45.2 Å². The summed E-state index contributed by atoms with van der Waals surface area (Å²) in [5.41, 5.74) is 4.30. The van der Waals surface area contributed by atoms with E-state index in [4.69, 9.17) is 0 Å². The van der Waals surface area contributed by atoms with Crippen LogP contribution >= 0.6 is 15.9 Å². The van der Waals surface area contributed by atoms with Gasteiger partial charge < -0.3 is 5.32 Å². The number of amides is 1. The van der Waals surface area contributed by atoms with E-state index in [1.165, 1.54) is 0 Å². The lowest BCUT2D eigenvalue weighted by Crippen LogP contribution is -2.17. The first-order valence-corrected chi connectivity index (χ1v) is 6.77. The van der Waals surface area contributed by atoms with Crippen molar-refractivity contribution in [2.75, 3.05) is 5.32 Å². The Morgan fingerprint density at radius 1 is 1.32 bits per heavy atom. The molecule has 0 unspecified atom stereocenters. The van der Waals surface area contributed by atoms with Gasteiger partial charge in [-0.3, -0.25) is 9.48 Å². The number of carbonyl (C=O) groups is 1. The van der Waals surface area contributed by atoms with Crippen LogP contribution in [0.4, 0.5) is 5.69 Å². The van der Waals surface area contributed by atoms with Gasteiger partial charge in [-0.2, -0.15) is 5.10 Å². The highest BCUT2D eigenvalue weighted by Gasteiger charge is 2.18. The van der Waals surface area contributed by atoms with Crippen molar-refractivity contribution in [1.82, 2.24) is 9.78 Å². The van der Waals surface area contributed by atoms with Crippen LogP contribution in [-0.4, -0.2) is 15.7 Å². The molecular weight excluding hydrogens is 306 g/mol. The molecule has 1 heterocycles. The summed E-state index contributed by atoms with van der Waals surface area (Å²) < 4.78 is 2.32. The number of aryl methyl sites for hydroxylation is 4. The molecule has 0 aliphatic heterocycles. The van der Waals surface area contributed by atoms with Crippen LogP contribution in [0.15, 0.2) is 22.7 Å². The van der Waals surface area contributed by atoms with Crippen molar-refractivity contribution >= 4 is 27.5 Å². The van der Waals surface area contributed by atoms with Crippen LogP contribution in [0, 0.1) is 20.8 Å². The van der Waals surface area contributed by atoms with Crippen LogP contribution in [0.3, 0.4) is 0 Å². The van der Waals surface area contributed by atoms with Crippen LogP contribution in [0.1, 0.15) is 27.3 Å². The zero-order chi connectivity index (χ0) is 14.2. The van der Waals surface area contributed by atoms with Crippen molar-refractivity contribution in [1.29, 1.82) is 0 Å². The Bertz CT molecular complexity index is 646. The standard InChI is InChI=1S/C14H16BrN3O/c1-8-5-6-9(2)11(7-8)16-14(19)13-12(15)10(3)17-18(13)4/h5-7H,1-4H3,(H,16,19). The van der Waals surface area contributed by atoms with E-state index in [-0.39, 0.29) is 5.91 Å². The largest absolute Gasteiger partial charge is 0.320 e. The number of hydrogen-bond acceptors (Lipinski definition) is 2. The average Bonchev–Trinajstić information content (AvgIpc) is 2.58. The fraction of sp³-hybridized carbons (Fsp3) is 0.286. The van der Waals surface area contributed by atoms with E-state index in [1.807, 2.05) is 39.0 Å². The fourth-order valence-corrected chi connectivity index (χ4v) is 2.45. The number of rotatable bonds is 2. The van der Waals surface area contributed by atoms with Crippen LogP contribution in [0.2, 0.25) is 0 Å². The second-order valence-electron chi connectivity index (χ2n) is 4.64. The zero-order valence-electron chi connectivity index (χ0n) is 11.4. The molecule has 19 heavy (non-hydrogen) atoms. The molecule has 1 aromatic heterocycles. The van der Waals surface area contributed by atoms with Gasteiger partial charge in [-0.15, -0.1) is 0 Å². The first-order chi connectivity index (χ1) is 8.90. The third kappa shape index (κ3) is 2.71. The Kier molecular flexibility index (Phi) is 3.75. The molecule has 2 aromatic rings. The zero-order valence-corrected chi connectivity index (χ0v) is 13.0. The molecule has 0 saturated heterocycles. The van der Waals surface area contributed by atoms with Crippen LogP contribution in [0.5, 0.6) is 0 Å². The highest BCUT2D eigenvalue weighted by atomic mass is 79.9. The Morgan fingerprint density at radius 3 is 2.58 bits per heavy atom. The average molecular weight is 322 g/mol. The summed E-state index contributed by atoms with van der Waals surface area (Å²) in [6, 6.07) is 5.98. The predicted molar refractivity (Wildman–Crippen MR) is 79.5 cm³/mol. The fourth-order valence-electron chi connectivity index (χ4n) is 1.93. The topological polar surface area (TPSA) is 46.9 Å². The second-order valence-corrected chi connectivity index (χ2v) is 5.44. The maximum absolute atomic E-state index is 12.3. The number of benzene rings is 1. The lowest BCUT2D eigenvalue weighted by atomic mass is 10.1. The molecule has 0 saturated carbocycles. The molecule has 1 amide bonds. The molecule has 1 N–H and O–H groups in total. The van der Waals surface area contributed by atoms with Gasteiger partial charge in [-0.1, -0.05) is 12.1 Å². The number of carbonyl (C=O) groups excluding carboxylic acids is 1. The number of nitrogens with one attached hydrogen (secondary N) is 1. The monoisotopic (exact) mass is 321 g/mol. The van der Waals surface area contributed by atoms with E-state index in [2.05, 4.69) is 26.3 Å². The summed E-state index contributed by atoms with van der Waals surface area (Å²) in [4.78, 5) is 12.3. The van der Waals surface area contributed by atoms with Gasteiger partial charge in [-0.05, 0) is 53.9 Å². The number of aromatic nitrogens is 2. The molecule has 0 spiro atoms. The molecule has 1 aromatic carbocycles. The Labute approximate surface area is 120 Å². The second kappa shape index (κ2) is 5.17. The van der Waals surface area contributed by atoms with Crippen molar-refractivity contribution in [3.8, 4) is 0 Å². The van der Waals surface area contributed by atoms with E-state index in [0.717, 1.165) is 27.0 Å². The first kappa shape index (κ1) is 13.8. The molecule has 5 heteroatoms. The summed E-state index contributed by atoms with van der Waals surface area (Å²) in [6.45, 7) is 5.83. The summed E-state index contributed by atoms with van der Waals surface area (Å²) in [5.74, 6) is -0.163. The highest BCUT2D eigenvalue weighted by molar-refractivity contribution is 9.10. The molecule has 0 atom stereocenters. The lowest BCUT2D eigenvalue weighted by Gasteiger charge is -2.09. The number of anilines is 1. The van der Waals surface area contributed by atoms with Crippen LogP contribution in [0.25, 0.3) is 0 Å². The third-order valence-electron chi connectivity index (χ3n) is 3.01. The molecule has 0 aliphatic rings. The highest BCUT2D eigenvalue weighted by Crippen LogP contribution is 2.23. The molecule has 0 bridgehead atoms. The Morgan fingerprint density at radius 2 is 2.00 bits per heavy atom. The van der Waals surface area contributed by atoms with Gasteiger partial charge in [0.1, 0.15) is 5.69 Å². The van der Waals surface area contributed by atoms with E-state index < -0.39 is 0 Å². The van der Waals surface area contributed by atoms with Gasteiger partial charge in [0.25, 0.3) is 5.91 Å². The minimum absolute atomic E-state index is 0.163. The van der Waals surface area contributed by atoms with E-state index in [1.54, 1.807) is 11.7 Å². The first-order valence-electron chi connectivity index (χ1n) is 5.98. The van der Waals surface area contributed by atoms with E-state index >= 15 is 0 Å². The molecule has 0 fully saturated rings. The molecule has 0 radical (unpaired) electrons. The molecule has 4 nitrogen and oxygen atoms in total. The van der Waals surface area contributed by atoms with Gasteiger partial charge in [0, 0.05) is 12.7 Å². The van der Waals surface area contributed by atoms with Crippen LogP contribution < -0.4 is 5.32 Å². The lowest BCUT2D eigenvalue weighted by molar-refractivity contribution is 0.101. The van der Waals surface area contributed by atoms with Gasteiger partial charge >= 0.3 is 0 Å². The van der Waals surface area contributed by atoms with E-state index in [9.17, 15) is 4.79 Å². The minimum Gasteiger partial charge on any atom is -0.320 e. The Hall–Kier alpha value is -1.62. The quantitative estimate of drug-likeness (QED) is 0.921. The smallest absolute Gasteiger partial charge is 0.275 e. The summed E-state index contributed by atoms with van der Waals surface area (Å²) in [7, 11) is 1.76. The number of halogens is 1. The number of hydrogen-bond donors (Lipinski definition) is 1. The van der Waals surface area contributed by atoms with Crippen molar-refractivity contribution in [2.24, 2.45) is 7.05 Å². The Balaban J connectivity index is 2.33. The summed E-state index contributed by atoms with van der Waals surface area (Å²) in [6.07, 6.45) is 0. The van der Waals surface area contributed by atoms with Crippen molar-refractivity contribution in [3.63, 3.8) is 0 Å². The molecular formula is C14H16BrN3O. The molecule has 0 aliphatic carbocycles. The maximum Gasteiger partial charge on any atom is 0.275 e. The predicted octanol–water partition coefficient (Wildman–Crippen LogP) is 3.36. The summed E-state index contributed by atoms with van der Waals surface area (Å²) >= 11 is 3.40. The van der Waals surface area contributed by atoms with E-state index in [0.29, 0.717) is 5.69 Å². The normalized spacial score (nSPS) is 10.6. The van der Waals surface area contributed by atoms with Crippen molar-refractivity contribution < 1.29 is 4.79 Å². The van der Waals surface area contributed by atoms with Gasteiger partial charge in [0.05, 0.1) is 10.2 Å². The SMILES string of the molecule is Cc1ccc(C)c(NC(=O)c2c(Br)c(C)nn2C)c1. The van der Waals surface area contributed by atoms with Crippen molar-refractivity contribution in [2.45, 2.75) is 20.8 Å². The van der Waals surface area contributed by atoms with Gasteiger partial charge in [0.2, 0.25) is 0 Å². The number of nitrogens with zero attached hydrogens (tertiary/aromatic N) is 2. The van der Waals surface area contributed by atoms with Gasteiger partial charge in [-0.25, -0.2) is 0 Å². The third-order valence-corrected chi connectivity index (χ3v) is 3.95. The summed E-state index contributed by atoms with van der Waals surface area (Å²) in [5, 5.41) is 7.15. The minimum atomic E-state index is -0.163. The maximum atomic E-state index is 12.3. The van der Waals surface area contributed by atoms with Gasteiger partial charge in [0.15, 0.2) is 0 Å². The molecule has 100 valence electrons. The molecule has 2 rings (SSSR count).